The van der Waals surface area contributed by atoms with E-state index in [9.17, 15) is 29.4 Å². The molecule has 10 atom stereocenters. The van der Waals surface area contributed by atoms with Crippen molar-refractivity contribution in [2.45, 2.75) is 91.3 Å². The fourth-order valence-corrected chi connectivity index (χ4v) is 8.65. The first-order valence-electron chi connectivity index (χ1n) is 12.2. The Balaban J connectivity index is 1.95. The van der Waals surface area contributed by atoms with E-state index in [1.807, 2.05) is 20.8 Å². The second kappa shape index (κ2) is 8.13. The molecule has 9 nitrogen and oxygen atoms in total. The number of esters is 3. The molecule has 4 saturated carbocycles. The average Bonchev–Trinajstić information content (AvgIpc) is 2.89. The summed E-state index contributed by atoms with van der Waals surface area (Å²) in [7, 11) is 0. The molecule has 0 aromatic heterocycles. The van der Waals surface area contributed by atoms with Crippen molar-refractivity contribution >= 4 is 23.7 Å². The largest absolute Gasteiger partial charge is 0.459 e. The van der Waals surface area contributed by atoms with Crippen LogP contribution in [0.5, 0.6) is 0 Å². The molecule has 4 aliphatic rings. The van der Waals surface area contributed by atoms with Gasteiger partial charge in [0.2, 0.25) is 0 Å². The number of aliphatic hydroxyl groups excluding tert-OH is 2. The zero-order valence-corrected chi connectivity index (χ0v) is 21.2. The minimum atomic E-state index is -1.39. The predicted molar refractivity (Wildman–Crippen MR) is 121 cm³/mol. The average molecular weight is 493 g/mol. The number of hydrogen-bond donors (Lipinski definition) is 2. The fourth-order valence-electron chi connectivity index (χ4n) is 8.65. The molecule has 0 aliphatic heterocycles. The van der Waals surface area contributed by atoms with Crippen molar-refractivity contribution in [2.75, 3.05) is 0 Å². The Morgan fingerprint density at radius 3 is 2.03 bits per heavy atom. The summed E-state index contributed by atoms with van der Waals surface area (Å²) in [5.74, 6) is -3.65. The minimum absolute atomic E-state index is 0.150. The minimum Gasteiger partial charge on any atom is -0.459 e. The predicted octanol–water partition coefficient (Wildman–Crippen LogP) is 1.72. The van der Waals surface area contributed by atoms with Gasteiger partial charge in [-0.1, -0.05) is 27.4 Å². The molecule has 0 aromatic carbocycles. The van der Waals surface area contributed by atoms with Crippen LogP contribution in [-0.4, -0.2) is 64.4 Å². The Morgan fingerprint density at radius 1 is 0.914 bits per heavy atom. The van der Waals surface area contributed by atoms with Crippen molar-refractivity contribution in [3.63, 3.8) is 0 Å². The summed E-state index contributed by atoms with van der Waals surface area (Å²) in [5, 5.41) is 23.3. The van der Waals surface area contributed by atoms with E-state index in [2.05, 4.69) is 6.58 Å². The van der Waals surface area contributed by atoms with Crippen LogP contribution in [0.1, 0.15) is 60.8 Å². The summed E-state index contributed by atoms with van der Waals surface area (Å²) in [6.45, 7) is 13.3. The molecular weight excluding hydrogens is 456 g/mol. The van der Waals surface area contributed by atoms with Gasteiger partial charge in [0.15, 0.2) is 5.78 Å². The summed E-state index contributed by atoms with van der Waals surface area (Å²) in [6, 6.07) is 0. The van der Waals surface area contributed by atoms with Crippen LogP contribution in [0.2, 0.25) is 0 Å². The lowest BCUT2D eigenvalue weighted by Gasteiger charge is -2.68. The third-order valence-corrected chi connectivity index (χ3v) is 9.27. The van der Waals surface area contributed by atoms with Crippen molar-refractivity contribution in [3.05, 3.63) is 12.2 Å². The Bertz CT molecular complexity index is 985. The van der Waals surface area contributed by atoms with Crippen molar-refractivity contribution in [1.29, 1.82) is 0 Å². The van der Waals surface area contributed by atoms with E-state index in [1.54, 1.807) is 0 Å². The lowest BCUT2D eigenvalue weighted by molar-refractivity contribution is -0.298. The van der Waals surface area contributed by atoms with Gasteiger partial charge in [-0.25, -0.2) is 0 Å². The SMILES string of the molecule is C=C1C(=O)[C@]23C[C@H]1C[C@H](O)[C@H]2[C@]1(C)C[C@H](OC(C)=O)[C@H](OC(C)=O)C(C)(C)[C@H]1[C@@H](OC(C)=O)[C@@H]3O. The van der Waals surface area contributed by atoms with Gasteiger partial charge >= 0.3 is 17.9 Å². The van der Waals surface area contributed by atoms with Crippen LogP contribution in [0.15, 0.2) is 12.2 Å². The standard InChI is InChI=1S/C26H36O9/c1-11-15-8-16(30)19-25(7)10-17(33-12(2)27)23(35-14(4)29)24(5,6)20(25)18(34-13(3)28)22(32)26(19,9-15)21(11)31/h15-20,22-23,30,32H,1,8-10H2,2-7H3/t15-,16+,17+,18-,19+,20-,22+,23+,25+,26+/m1/s1. The van der Waals surface area contributed by atoms with Crippen molar-refractivity contribution in [3.8, 4) is 0 Å². The molecule has 0 unspecified atom stereocenters. The first kappa shape index (κ1) is 25.8. The molecule has 0 aromatic rings. The van der Waals surface area contributed by atoms with Gasteiger partial charge in [0.05, 0.1) is 11.5 Å². The van der Waals surface area contributed by atoms with Crippen molar-refractivity contribution < 1.29 is 43.6 Å². The normalized spacial score (nSPS) is 45.7. The highest BCUT2D eigenvalue weighted by Gasteiger charge is 2.77. The maximum Gasteiger partial charge on any atom is 0.303 e. The smallest absolute Gasteiger partial charge is 0.303 e. The highest BCUT2D eigenvalue weighted by molar-refractivity contribution is 6.03. The van der Waals surface area contributed by atoms with Gasteiger partial charge in [0.25, 0.3) is 0 Å². The van der Waals surface area contributed by atoms with E-state index in [4.69, 9.17) is 14.2 Å². The molecule has 0 amide bonds. The van der Waals surface area contributed by atoms with E-state index in [-0.39, 0.29) is 18.1 Å². The number of ether oxygens (including phenoxy) is 3. The van der Waals surface area contributed by atoms with Gasteiger partial charge in [-0.05, 0) is 36.2 Å². The zero-order chi connectivity index (χ0) is 26.2. The number of hydrogen-bond acceptors (Lipinski definition) is 9. The second-order valence-corrected chi connectivity index (χ2v) is 11.8. The van der Waals surface area contributed by atoms with Gasteiger partial charge in [0.1, 0.15) is 24.4 Å². The van der Waals surface area contributed by atoms with Crippen molar-refractivity contribution in [2.24, 2.45) is 34.0 Å². The van der Waals surface area contributed by atoms with E-state index < -0.39 is 76.5 Å². The number of Topliss-reactive ketones (excluding diaryl/α,β-unsaturated/α-hetero) is 1. The van der Waals surface area contributed by atoms with Crippen LogP contribution >= 0.6 is 0 Å². The number of carbonyl (C=O) groups is 4. The molecule has 194 valence electrons. The summed E-state index contributed by atoms with van der Waals surface area (Å²) in [4.78, 5) is 50.1. The van der Waals surface area contributed by atoms with E-state index >= 15 is 0 Å². The summed E-state index contributed by atoms with van der Waals surface area (Å²) in [6.07, 6.45) is -4.41. The van der Waals surface area contributed by atoms with E-state index in [0.29, 0.717) is 18.4 Å². The third kappa shape index (κ3) is 3.49. The van der Waals surface area contributed by atoms with Gasteiger partial charge in [0, 0.05) is 38.0 Å². The first-order valence-corrected chi connectivity index (χ1v) is 12.2. The Labute approximate surface area is 205 Å². The first-order chi connectivity index (χ1) is 16.1. The van der Waals surface area contributed by atoms with E-state index in [0.717, 1.165) is 0 Å². The van der Waals surface area contributed by atoms with Crippen LogP contribution in [0.3, 0.4) is 0 Å². The number of rotatable bonds is 3. The van der Waals surface area contributed by atoms with Crippen LogP contribution in [0.25, 0.3) is 0 Å². The molecule has 4 aliphatic carbocycles. The van der Waals surface area contributed by atoms with Crippen LogP contribution in [0.4, 0.5) is 0 Å². The molecule has 0 saturated heterocycles. The number of fused-ring (bicyclic) bond motifs is 3. The third-order valence-electron chi connectivity index (χ3n) is 9.27. The molecular formula is C26H36O9. The Morgan fingerprint density at radius 2 is 1.49 bits per heavy atom. The fraction of sp³-hybridized carbons (Fsp3) is 0.769. The van der Waals surface area contributed by atoms with Crippen LogP contribution in [-0.2, 0) is 33.4 Å². The summed E-state index contributed by atoms with van der Waals surface area (Å²) < 4.78 is 17.1. The summed E-state index contributed by atoms with van der Waals surface area (Å²) in [5.41, 5.74) is -2.91. The molecule has 0 radical (unpaired) electrons. The Hall–Kier alpha value is -2.26. The van der Waals surface area contributed by atoms with Gasteiger partial charge < -0.3 is 24.4 Å². The highest BCUT2D eigenvalue weighted by Crippen LogP contribution is 2.71. The lowest BCUT2D eigenvalue weighted by atomic mass is 9.38. The lowest BCUT2D eigenvalue weighted by Crippen LogP contribution is -2.75. The zero-order valence-electron chi connectivity index (χ0n) is 21.2. The number of allylic oxidation sites excluding steroid dienone is 1. The van der Waals surface area contributed by atoms with Gasteiger partial charge in [-0.2, -0.15) is 0 Å². The molecule has 4 rings (SSSR count). The van der Waals surface area contributed by atoms with Gasteiger partial charge in [-0.3, -0.25) is 19.2 Å². The van der Waals surface area contributed by atoms with Crippen LogP contribution in [0, 0.1) is 34.0 Å². The summed E-state index contributed by atoms with van der Waals surface area (Å²) >= 11 is 0. The highest BCUT2D eigenvalue weighted by atomic mass is 16.6. The molecule has 0 heterocycles. The number of aliphatic hydroxyl groups is 2. The molecule has 9 heteroatoms. The maximum atomic E-state index is 13.7. The maximum absolute atomic E-state index is 13.7. The van der Waals surface area contributed by atoms with Gasteiger partial charge in [-0.15, -0.1) is 0 Å². The number of ketones is 1. The monoisotopic (exact) mass is 492 g/mol. The van der Waals surface area contributed by atoms with E-state index in [1.165, 1.54) is 20.8 Å². The molecule has 2 N–H and O–H groups in total. The van der Waals surface area contributed by atoms with Crippen molar-refractivity contribution in [1.82, 2.24) is 0 Å². The molecule has 2 bridgehead atoms. The Kier molecular flexibility index (Phi) is 6.00. The molecule has 4 fully saturated rings. The quantitative estimate of drug-likeness (QED) is 0.343. The molecule has 35 heavy (non-hydrogen) atoms. The topological polar surface area (TPSA) is 136 Å². The number of carbonyl (C=O) groups excluding carboxylic acids is 4. The molecule has 1 spiro atoms. The second-order valence-electron chi connectivity index (χ2n) is 11.8. The van der Waals surface area contributed by atoms with Crippen LogP contribution < -0.4 is 0 Å².